The van der Waals surface area contributed by atoms with Gasteiger partial charge < -0.3 is 21.7 Å². The molecule has 3 amide bonds. The summed E-state index contributed by atoms with van der Waals surface area (Å²) in [5.74, 6) is -0.315. The second-order valence-electron chi connectivity index (χ2n) is 6.53. The third-order valence-electron chi connectivity index (χ3n) is 4.83. The molecule has 5 N–H and O–H groups in total. The van der Waals surface area contributed by atoms with Crippen molar-refractivity contribution in [2.75, 3.05) is 19.6 Å². The number of amides is 3. The van der Waals surface area contributed by atoms with Gasteiger partial charge in [-0.1, -0.05) is 36.4 Å². The summed E-state index contributed by atoms with van der Waals surface area (Å²) in [6, 6.07) is 13.5. The third kappa shape index (κ3) is 3.91. The Balaban J connectivity index is 1.72. The van der Waals surface area contributed by atoms with E-state index >= 15 is 0 Å². The van der Waals surface area contributed by atoms with Gasteiger partial charge in [-0.3, -0.25) is 4.79 Å². The second kappa shape index (κ2) is 7.53. The van der Waals surface area contributed by atoms with Crippen LogP contribution in [0.1, 0.15) is 24.4 Å². The van der Waals surface area contributed by atoms with Gasteiger partial charge in [0, 0.05) is 19.6 Å². The molecule has 0 bridgehead atoms. The monoisotopic (exact) mass is 340 g/mol. The van der Waals surface area contributed by atoms with Crippen LogP contribution in [-0.2, 0) is 4.79 Å². The van der Waals surface area contributed by atoms with Crippen LogP contribution in [0.4, 0.5) is 4.79 Å². The molecule has 0 radical (unpaired) electrons. The smallest absolute Gasteiger partial charge is 0.314 e. The number of likely N-dealkylation sites (tertiary alicyclic amines) is 1. The first kappa shape index (κ1) is 17.2. The second-order valence-corrected chi connectivity index (χ2v) is 6.53. The number of carbonyl (C=O) groups excluding carboxylic acids is 2. The number of nitrogens with one attached hydrogen (secondary N) is 1. The summed E-state index contributed by atoms with van der Waals surface area (Å²) in [5.41, 5.74) is 12.2. The largest absolute Gasteiger partial charge is 0.351 e. The Morgan fingerprint density at radius 3 is 2.68 bits per heavy atom. The maximum Gasteiger partial charge on any atom is 0.314 e. The molecule has 6 nitrogen and oxygen atoms in total. The standard InChI is InChI=1S/C19H24N4O2/c20-11-17(15-8-7-13-4-1-2-5-14(13)10-15)22-18(24)16-6-3-9-23(12-16)19(21)25/h1-2,4-5,7-8,10,16-17H,3,6,9,11-12,20H2,(H2,21,25)(H,22,24). The number of hydrogen-bond acceptors (Lipinski definition) is 3. The average molecular weight is 340 g/mol. The van der Waals surface area contributed by atoms with Crippen LogP contribution in [0, 0.1) is 5.92 Å². The lowest BCUT2D eigenvalue weighted by Gasteiger charge is -2.31. The molecule has 1 aliphatic rings. The molecule has 132 valence electrons. The molecule has 0 aliphatic carbocycles. The van der Waals surface area contributed by atoms with Gasteiger partial charge in [0.15, 0.2) is 0 Å². The summed E-state index contributed by atoms with van der Waals surface area (Å²) < 4.78 is 0. The number of piperidine rings is 1. The van der Waals surface area contributed by atoms with E-state index in [-0.39, 0.29) is 17.9 Å². The highest BCUT2D eigenvalue weighted by Crippen LogP contribution is 2.22. The zero-order chi connectivity index (χ0) is 17.8. The van der Waals surface area contributed by atoms with Crippen LogP contribution in [0.3, 0.4) is 0 Å². The molecule has 1 heterocycles. The Morgan fingerprint density at radius 2 is 1.96 bits per heavy atom. The highest BCUT2D eigenvalue weighted by atomic mass is 16.2. The van der Waals surface area contributed by atoms with E-state index in [2.05, 4.69) is 17.4 Å². The van der Waals surface area contributed by atoms with Gasteiger partial charge in [-0.25, -0.2) is 4.79 Å². The van der Waals surface area contributed by atoms with Crippen LogP contribution in [0.15, 0.2) is 42.5 Å². The van der Waals surface area contributed by atoms with Crippen molar-refractivity contribution in [3.8, 4) is 0 Å². The van der Waals surface area contributed by atoms with E-state index < -0.39 is 6.03 Å². The average Bonchev–Trinajstić information content (AvgIpc) is 2.65. The third-order valence-corrected chi connectivity index (χ3v) is 4.83. The van der Waals surface area contributed by atoms with Crippen molar-refractivity contribution < 1.29 is 9.59 Å². The molecule has 2 atom stereocenters. The fourth-order valence-corrected chi connectivity index (χ4v) is 3.38. The number of fused-ring (bicyclic) bond motifs is 1. The van der Waals surface area contributed by atoms with Crippen molar-refractivity contribution in [2.24, 2.45) is 17.4 Å². The van der Waals surface area contributed by atoms with Gasteiger partial charge in [-0.05, 0) is 35.2 Å². The fraction of sp³-hybridized carbons (Fsp3) is 0.368. The molecule has 2 aromatic carbocycles. The van der Waals surface area contributed by atoms with Crippen molar-refractivity contribution in [3.63, 3.8) is 0 Å². The van der Waals surface area contributed by atoms with Gasteiger partial charge in [-0.15, -0.1) is 0 Å². The van der Waals surface area contributed by atoms with Crippen molar-refractivity contribution in [2.45, 2.75) is 18.9 Å². The normalized spacial score (nSPS) is 18.8. The molecule has 0 aromatic heterocycles. The predicted octanol–water partition coefficient (Wildman–Crippen LogP) is 1.75. The van der Waals surface area contributed by atoms with Crippen LogP contribution < -0.4 is 16.8 Å². The predicted molar refractivity (Wildman–Crippen MR) is 97.8 cm³/mol. The summed E-state index contributed by atoms with van der Waals surface area (Å²) >= 11 is 0. The van der Waals surface area contributed by atoms with Crippen LogP contribution in [0.25, 0.3) is 10.8 Å². The number of carbonyl (C=O) groups is 2. The van der Waals surface area contributed by atoms with Gasteiger partial charge in [0.25, 0.3) is 0 Å². The highest BCUT2D eigenvalue weighted by Gasteiger charge is 2.28. The van der Waals surface area contributed by atoms with Gasteiger partial charge in [0.2, 0.25) is 5.91 Å². The van der Waals surface area contributed by atoms with Crippen molar-refractivity contribution in [1.82, 2.24) is 10.2 Å². The SMILES string of the molecule is NCC(NC(=O)C1CCCN(C(N)=O)C1)c1ccc2ccccc2c1. The lowest BCUT2D eigenvalue weighted by molar-refractivity contribution is -0.127. The Morgan fingerprint density at radius 1 is 1.20 bits per heavy atom. The van der Waals surface area contributed by atoms with Crippen molar-refractivity contribution >= 4 is 22.7 Å². The lowest BCUT2D eigenvalue weighted by Crippen LogP contribution is -2.48. The number of hydrogen-bond donors (Lipinski definition) is 3. The summed E-state index contributed by atoms with van der Waals surface area (Å²) in [7, 11) is 0. The van der Waals surface area contributed by atoms with Crippen LogP contribution >= 0.6 is 0 Å². The van der Waals surface area contributed by atoms with E-state index in [9.17, 15) is 9.59 Å². The molecular weight excluding hydrogens is 316 g/mol. The minimum atomic E-state index is -0.470. The number of benzene rings is 2. The van der Waals surface area contributed by atoms with E-state index in [1.54, 1.807) is 0 Å². The van der Waals surface area contributed by atoms with E-state index in [1.165, 1.54) is 4.90 Å². The maximum absolute atomic E-state index is 12.6. The first-order valence-electron chi connectivity index (χ1n) is 8.62. The fourth-order valence-electron chi connectivity index (χ4n) is 3.38. The minimum absolute atomic E-state index is 0.0745. The summed E-state index contributed by atoms with van der Waals surface area (Å²) in [6.07, 6.45) is 1.54. The van der Waals surface area contributed by atoms with Crippen LogP contribution in [0.2, 0.25) is 0 Å². The Hall–Kier alpha value is -2.60. The number of nitrogens with two attached hydrogens (primary N) is 2. The molecule has 1 aliphatic heterocycles. The molecule has 1 saturated heterocycles. The zero-order valence-electron chi connectivity index (χ0n) is 14.2. The van der Waals surface area contributed by atoms with Crippen molar-refractivity contribution in [1.29, 1.82) is 0 Å². The molecule has 2 unspecified atom stereocenters. The Labute approximate surface area is 147 Å². The Bertz CT molecular complexity index is 777. The molecule has 1 fully saturated rings. The first-order chi connectivity index (χ1) is 12.1. The molecule has 0 saturated carbocycles. The highest BCUT2D eigenvalue weighted by molar-refractivity contribution is 5.84. The lowest BCUT2D eigenvalue weighted by atomic mass is 9.96. The topological polar surface area (TPSA) is 101 Å². The van der Waals surface area contributed by atoms with Crippen molar-refractivity contribution in [3.05, 3.63) is 48.0 Å². The number of rotatable bonds is 4. The maximum atomic E-state index is 12.6. The number of urea groups is 1. The van der Waals surface area contributed by atoms with Crippen LogP contribution in [0.5, 0.6) is 0 Å². The summed E-state index contributed by atoms with van der Waals surface area (Å²) in [4.78, 5) is 25.5. The van der Waals surface area contributed by atoms with E-state index in [0.29, 0.717) is 19.6 Å². The van der Waals surface area contributed by atoms with E-state index in [1.807, 2.05) is 30.3 Å². The summed E-state index contributed by atoms with van der Waals surface area (Å²) in [5, 5.41) is 5.30. The molecule has 25 heavy (non-hydrogen) atoms. The minimum Gasteiger partial charge on any atom is -0.351 e. The summed E-state index contributed by atoms with van der Waals surface area (Å²) in [6.45, 7) is 1.30. The van der Waals surface area contributed by atoms with Gasteiger partial charge in [0.1, 0.15) is 0 Å². The molecule has 2 aromatic rings. The van der Waals surface area contributed by atoms with Gasteiger partial charge >= 0.3 is 6.03 Å². The molecule has 6 heteroatoms. The molecule has 3 rings (SSSR count). The number of primary amides is 1. The van der Waals surface area contributed by atoms with Gasteiger partial charge in [0.05, 0.1) is 12.0 Å². The first-order valence-corrected chi connectivity index (χ1v) is 8.62. The quantitative estimate of drug-likeness (QED) is 0.790. The van der Waals surface area contributed by atoms with E-state index in [4.69, 9.17) is 11.5 Å². The Kier molecular flexibility index (Phi) is 5.19. The van der Waals surface area contributed by atoms with Gasteiger partial charge in [-0.2, -0.15) is 0 Å². The zero-order valence-corrected chi connectivity index (χ0v) is 14.2. The molecular formula is C19H24N4O2. The van der Waals surface area contributed by atoms with E-state index in [0.717, 1.165) is 29.2 Å². The van der Waals surface area contributed by atoms with Crippen LogP contribution in [-0.4, -0.2) is 36.5 Å². The number of nitrogens with zero attached hydrogens (tertiary/aromatic N) is 1. The molecule has 0 spiro atoms.